The highest BCUT2D eigenvalue weighted by Crippen LogP contribution is 2.38. The maximum Gasteiger partial charge on any atom is 0.142 e. The van der Waals surface area contributed by atoms with E-state index in [1.807, 2.05) is 25.4 Å². The van der Waals surface area contributed by atoms with Crippen LogP contribution < -0.4 is 10.1 Å². The van der Waals surface area contributed by atoms with Gasteiger partial charge in [0.15, 0.2) is 0 Å². The highest BCUT2D eigenvalue weighted by atomic mass is 16.5. The number of rotatable bonds is 7. The van der Waals surface area contributed by atoms with Crippen LogP contribution in [0.1, 0.15) is 38.4 Å². The molecule has 0 radical (unpaired) electrons. The second-order valence-electron chi connectivity index (χ2n) is 5.02. The average molecular weight is 265 g/mol. The maximum atomic E-state index is 5.47. The molecule has 0 amide bonds. The number of hydrogen-bond donors (Lipinski definition) is 1. The zero-order valence-corrected chi connectivity index (χ0v) is 13.0. The van der Waals surface area contributed by atoms with Gasteiger partial charge in [-0.05, 0) is 46.1 Å². The van der Waals surface area contributed by atoms with E-state index < -0.39 is 0 Å². The minimum absolute atomic E-state index is 0.0242. The molecule has 0 saturated carbocycles. The summed E-state index contributed by atoms with van der Waals surface area (Å²) >= 11 is 0. The average Bonchev–Trinajstić information content (AvgIpc) is 2.44. The summed E-state index contributed by atoms with van der Waals surface area (Å²) < 4.78 is 5.47. The van der Waals surface area contributed by atoms with E-state index >= 15 is 0 Å². The monoisotopic (exact) mass is 265 g/mol. The molecule has 0 aliphatic rings. The number of hydrogen-bond acceptors (Lipinski definition) is 4. The lowest BCUT2D eigenvalue weighted by molar-refractivity contribution is 0.0885. The third-order valence-corrected chi connectivity index (χ3v) is 4.23. The van der Waals surface area contributed by atoms with Crippen molar-refractivity contribution in [2.75, 3.05) is 28.3 Å². The zero-order valence-electron chi connectivity index (χ0n) is 13.0. The summed E-state index contributed by atoms with van der Waals surface area (Å²) in [7, 11) is 7.95. The topological polar surface area (TPSA) is 37.4 Å². The molecule has 0 fully saturated rings. The fraction of sp³-hybridized carbons (Fsp3) is 0.667. The highest BCUT2D eigenvalue weighted by Gasteiger charge is 2.40. The van der Waals surface area contributed by atoms with E-state index in [-0.39, 0.29) is 11.6 Å². The van der Waals surface area contributed by atoms with E-state index in [4.69, 9.17) is 4.74 Å². The van der Waals surface area contributed by atoms with Gasteiger partial charge >= 0.3 is 0 Å². The first-order valence-electron chi connectivity index (χ1n) is 6.90. The summed E-state index contributed by atoms with van der Waals surface area (Å²) in [6.45, 7) is 4.45. The van der Waals surface area contributed by atoms with Crippen LogP contribution in [-0.2, 0) is 0 Å². The predicted octanol–water partition coefficient (Wildman–Crippen LogP) is 2.47. The number of nitrogens with one attached hydrogen (secondary N) is 1. The molecule has 108 valence electrons. The SMILES string of the molecule is CCC(CC)(C(NC)c1ncccc1OC)N(C)C. The number of nitrogens with zero attached hydrogens (tertiary/aromatic N) is 2. The summed E-state index contributed by atoms with van der Waals surface area (Å²) in [5.74, 6) is 0.843. The lowest BCUT2D eigenvalue weighted by atomic mass is 9.81. The Balaban J connectivity index is 3.31. The van der Waals surface area contributed by atoms with Gasteiger partial charge in [-0.3, -0.25) is 4.98 Å². The number of methoxy groups -OCH3 is 1. The third kappa shape index (κ3) is 2.90. The molecule has 0 bridgehead atoms. The molecule has 1 heterocycles. The Kier molecular flexibility index (Phi) is 5.76. The maximum absolute atomic E-state index is 5.47. The van der Waals surface area contributed by atoms with Crippen molar-refractivity contribution in [3.8, 4) is 5.75 Å². The van der Waals surface area contributed by atoms with Crippen molar-refractivity contribution in [3.05, 3.63) is 24.0 Å². The van der Waals surface area contributed by atoms with Gasteiger partial charge in [0.1, 0.15) is 11.4 Å². The lowest BCUT2D eigenvalue weighted by Crippen LogP contribution is -2.52. The minimum Gasteiger partial charge on any atom is -0.495 e. The van der Waals surface area contributed by atoms with E-state index in [9.17, 15) is 0 Å². The molecule has 1 unspecified atom stereocenters. The van der Waals surface area contributed by atoms with E-state index in [0.717, 1.165) is 24.3 Å². The van der Waals surface area contributed by atoms with Crippen LogP contribution in [0.5, 0.6) is 5.75 Å². The molecule has 4 nitrogen and oxygen atoms in total. The van der Waals surface area contributed by atoms with Gasteiger partial charge < -0.3 is 15.0 Å². The number of likely N-dealkylation sites (N-methyl/N-ethyl adjacent to an activating group) is 2. The summed E-state index contributed by atoms with van der Waals surface area (Å²) in [5.41, 5.74) is 1.00. The van der Waals surface area contributed by atoms with Crippen molar-refractivity contribution in [1.82, 2.24) is 15.2 Å². The summed E-state index contributed by atoms with van der Waals surface area (Å²) in [5, 5.41) is 3.43. The van der Waals surface area contributed by atoms with Gasteiger partial charge in [-0.2, -0.15) is 0 Å². The summed E-state index contributed by atoms with van der Waals surface area (Å²) in [4.78, 5) is 6.84. The van der Waals surface area contributed by atoms with E-state index in [2.05, 4.69) is 43.1 Å². The van der Waals surface area contributed by atoms with Gasteiger partial charge in [0, 0.05) is 11.7 Å². The fourth-order valence-corrected chi connectivity index (χ4v) is 3.00. The van der Waals surface area contributed by atoms with Crippen LogP contribution in [0.25, 0.3) is 0 Å². The molecule has 1 aromatic rings. The van der Waals surface area contributed by atoms with Gasteiger partial charge in [-0.1, -0.05) is 13.8 Å². The Morgan fingerprint density at radius 3 is 2.42 bits per heavy atom. The number of aromatic nitrogens is 1. The van der Waals surface area contributed by atoms with Crippen molar-refractivity contribution in [2.24, 2.45) is 0 Å². The quantitative estimate of drug-likeness (QED) is 0.822. The highest BCUT2D eigenvalue weighted by molar-refractivity contribution is 5.32. The molecule has 4 heteroatoms. The largest absolute Gasteiger partial charge is 0.495 e. The Hall–Kier alpha value is -1.13. The second kappa shape index (κ2) is 6.87. The van der Waals surface area contributed by atoms with Gasteiger partial charge in [-0.15, -0.1) is 0 Å². The molecule has 0 aliphatic heterocycles. The second-order valence-corrected chi connectivity index (χ2v) is 5.02. The van der Waals surface area contributed by atoms with Crippen LogP contribution in [0.15, 0.2) is 18.3 Å². The Bertz CT molecular complexity index is 389. The first kappa shape index (κ1) is 15.9. The first-order valence-corrected chi connectivity index (χ1v) is 6.90. The van der Waals surface area contributed by atoms with E-state index in [0.29, 0.717) is 0 Å². The van der Waals surface area contributed by atoms with Gasteiger partial charge in [-0.25, -0.2) is 0 Å². The van der Waals surface area contributed by atoms with Crippen molar-refractivity contribution in [1.29, 1.82) is 0 Å². The van der Waals surface area contributed by atoms with Crippen LogP contribution in [-0.4, -0.2) is 43.7 Å². The van der Waals surface area contributed by atoms with Crippen LogP contribution >= 0.6 is 0 Å². The molecule has 1 N–H and O–H groups in total. The Morgan fingerprint density at radius 2 is 2.00 bits per heavy atom. The minimum atomic E-state index is 0.0242. The van der Waals surface area contributed by atoms with Gasteiger partial charge in [0.25, 0.3) is 0 Å². The Morgan fingerprint density at radius 1 is 1.37 bits per heavy atom. The first-order chi connectivity index (χ1) is 9.07. The predicted molar refractivity (Wildman–Crippen MR) is 79.6 cm³/mol. The third-order valence-electron chi connectivity index (χ3n) is 4.23. The van der Waals surface area contributed by atoms with Crippen LogP contribution in [0.2, 0.25) is 0 Å². The molecule has 0 spiro atoms. The molecule has 19 heavy (non-hydrogen) atoms. The van der Waals surface area contributed by atoms with Crippen molar-refractivity contribution in [3.63, 3.8) is 0 Å². The zero-order chi connectivity index (χ0) is 14.5. The molecule has 0 aromatic carbocycles. The Labute approximate surface area is 117 Å². The van der Waals surface area contributed by atoms with Gasteiger partial charge in [0.2, 0.25) is 0 Å². The summed E-state index contributed by atoms with van der Waals surface area (Å²) in [6.07, 6.45) is 3.91. The molecule has 0 aliphatic carbocycles. The van der Waals surface area contributed by atoms with Crippen LogP contribution in [0, 0.1) is 0 Å². The lowest BCUT2D eigenvalue weighted by Gasteiger charge is -2.45. The molecular formula is C15H27N3O. The normalized spacial score (nSPS) is 13.6. The molecule has 1 atom stereocenters. The summed E-state index contributed by atoms with van der Waals surface area (Å²) in [6, 6.07) is 4.01. The standard InChI is InChI=1S/C15H27N3O/c1-7-15(8-2,18(4)5)14(16-3)13-12(19-6)10-9-11-17-13/h9-11,14,16H,7-8H2,1-6H3. The number of ether oxygens (including phenoxy) is 1. The number of pyridine rings is 1. The molecule has 0 saturated heterocycles. The fourth-order valence-electron chi connectivity index (χ4n) is 3.00. The smallest absolute Gasteiger partial charge is 0.142 e. The van der Waals surface area contributed by atoms with Crippen molar-refractivity contribution in [2.45, 2.75) is 38.3 Å². The van der Waals surface area contributed by atoms with E-state index in [1.165, 1.54) is 0 Å². The van der Waals surface area contributed by atoms with Crippen LogP contribution in [0.3, 0.4) is 0 Å². The van der Waals surface area contributed by atoms with Crippen molar-refractivity contribution >= 4 is 0 Å². The van der Waals surface area contributed by atoms with E-state index in [1.54, 1.807) is 7.11 Å². The van der Waals surface area contributed by atoms with Crippen LogP contribution in [0.4, 0.5) is 0 Å². The van der Waals surface area contributed by atoms with Crippen molar-refractivity contribution < 1.29 is 4.74 Å². The molecule has 1 rings (SSSR count). The molecule has 1 aromatic heterocycles. The van der Waals surface area contributed by atoms with Gasteiger partial charge in [0.05, 0.1) is 13.2 Å². The molecular weight excluding hydrogens is 238 g/mol.